The van der Waals surface area contributed by atoms with Gasteiger partial charge in [0.15, 0.2) is 5.82 Å². The van der Waals surface area contributed by atoms with Crippen LogP contribution in [0.25, 0.3) is 116 Å². The van der Waals surface area contributed by atoms with Crippen molar-refractivity contribution in [3.63, 3.8) is 0 Å². The molecule has 1 aliphatic carbocycles. The Morgan fingerprint density at radius 3 is 1.98 bits per heavy atom. The fourth-order valence-corrected chi connectivity index (χ4v) is 8.27. The van der Waals surface area contributed by atoms with E-state index in [0.717, 1.165) is 72.1 Å². The van der Waals surface area contributed by atoms with Gasteiger partial charge in [0.25, 0.3) is 0 Å². The van der Waals surface area contributed by atoms with Gasteiger partial charge < -0.3 is 8.83 Å². The molecule has 0 fully saturated rings. The van der Waals surface area contributed by atoms with Crippen LogP contribution >= 0.6 is 0 Å². The summed E-state index contributed by atoms with van der Waals surface area (Å²) in [5.41, 5.74) is 12.4. The summed E-state index contributed by atoms with van der Waals surface area (Å²) >= 11 is 0. The van der Waals surface area contributed by atoms with Gasteiger partial charge in [-0.05, 0) is 69.4 Å². The molecule has 0 saturated heterocycles. The summed E-state index contributed by atoms with van der Waals surface area (Å²) in [6.45, 7) is 0. The molecule has 5 heteroatoms. The molecule has 0 saturated carbocycles. The highest BCUT2D eigenvalue weighted by Crippen LogP contribution is 2.51. The molecule has 49 heavy (non-hydrogen) atoms. The van der Waals surface area contributed by atoms with Crippen molar-refractivity contribution in [2.24, 2.45) is 0 Å². The second-order valence-electron chi connectivity index (χ2n) is 12.9. The number of hydrogen-bond acceptors (Lipinski definition) is 4. The molecule has 0 amide bonds. The van der Waals surface area contributed by atoms with Crippen molar-refractivity contribution >= 4 is 76.7 Å². The van der Waals surface area contributed by atoms with Gasteiger partial charge in [0.05, 0.1) is 11.0 Å². The number of nitrogens with zero attached hydrogens (tertiary/aromatic N) is 3. The molecule has 0 radical (unpaired) electrons. The van der Waals surface area contributed by atoms with Crippen molar-refractivity contribution in [3.8, 4) is 39.3 Å². The van der Waals surface area contributed by atoms with Crippen LogP contribution in [0, 0.1) is 0 Å². The maximum absolute atomic E-state index is 6.51. The predicted octanol–water partition coefficient (Wildman–Crippen LogP) is 11.8. The normalized spacial score (nSPS) is 12.5. The van der Waals surface area contributed by atoms with E-state index in [-0.39, 0.29) is 0 Å². The topological polar surface area (TPSA) is 57.0 Å². The molecule has 0 N–H and O–H groups in total. The lowest BCUT2D eigenvalue weighted by molar-refractivity contribution is 0.652. The Bertz CT molecular complexity index is 3200. The average molecular weight is 626 g/mol. The number of furan rings is 2. The number of rotatable bonds is 3. The largest absolute Gasteiger partial charge is 0.456 e. The summed E-state index contributed by atoms with van der Waals surface area (Å²) in [7, 11) is 0. The number of hydrogen-bond donors (Lipinski definition) is 0. The van der Waals surface area contributed by atoms with Gasteiger partial charge in [0.1, 0.15) is 28.0 Å². The molecule has 4 aromatic heterocycles. The smallest absolute Gasteiger partial charge is 0.248 e. The van der Waals surface area contributed by atoms with Crippen LogP contribution in [0.1, 0.15) is 0 Å². The third kappa shape index (κ3) is 3.24. The van der Waals surface area contributed by atoms with E-state index in [2.05, 4.69) is 120 Å². The van der Waals surface area contributed by atoms with Crippen LogP contribution in [-0.4, -0.2) is 14.5 Å². The van der Waals surface area contributed by atoms with E-state index in [9.17, 15) is 0 Å². The molecule has 12 rings (SSSR count). The molecule has 1 aliphatic rings. The van der Waals surface area contributed by atoms with Crippen molar-refractivity contribution in [1.82, 2.24) is 14.5 Å². The predicted molar refractivity (Wildman–Crippen MR) is 198 cm³/mol. The van der Waals surface area contributed by atoms with Crippen LogP contribution in [0.2, 0.25) is 0 Å². The Morgan fingerprint density at radius 1 is 0.429 bits per heavy atom. The Balaban J connectivity index is 1.25. The molecule has 0 aliphatic heterocycles. The van der Waals surface area contributed by atoms with E-state index in [1.54, 1.807) is 0 Å². The monoisotopic (exact) mass is 625 g/mol. The fraction of sp³-hybridized carbons (Fsp3) is 0. The zero-order chi connectivity index (χ0) is 31.8. The van der Waals surface area contributed by atoms with E-state index in [1.165, 1.54) is 38.2 Å². The van der Waals surface area contributed by atoms with Gasteiger partial charge in [-0.1, -0.05) is 103 Å². The van der Waals surface area contributed by atoms with Crippen molar-refractivity contribution < 1.29 is 8.83 Å². The summed E-state index contributed by atoms with van der Waals surface area (Å²) in [5, 5.41) is 8.06. The van der Waals surface area contributed by atoms with Gasteiger partial charge in [-0.3, -0.25) is 4.57 Å². The summed E-state index contributed by atoms with van der Waals surface area (Å²) in [6.07, 6.45) is 0. The number of benzene rings is 7. The van der Waals surface area contributed by atoms with Gasteiger partial charge in [-0.15, -0.1) is 0 Å². The summed E-state index contributed by atoms with van der Waals surface area (Å²) < 4.78 is 15.2. The second kappa shape index (κ2) is 9.00. The lowest BCUT2D eigenvalue weighted by Gasteiger charge is -2.14. The van der Waals surface area contributed by atoms with Crippen LogP contribution in [0.3, 0.4) is 0 Å². The van der Waals surface area contributed by atoms with E-state index >= 15 is 0 Å². The molecule has 226 valence electrons. The van der Waals surface area contributed by atoms with Crippen molar-refractivity contribution in [3.05, 3.63) is 140 Å². The molecule has 5 nitrogen and oxygen atoms in total. The number of fused-ring (bicyclic) bond motifs is 4. The van der Waals surface area contributed by atoms with Gasteiger partial charge in [-0.2, -0.15) is 4.98 Å². The molecule has 0 atom stereocenters. The first-order valence-electron chi connectivity index (χ1n) is 16.5. The second-order valence-corrected chi connectivity index (χ2v) is 12.9. The number of aromatic nitrogens is 3. The van der Waals surface area contributed by atoms with Crippen molar-refractivity contribution in [1.29, 1.82) is 0 Å². The lowest BCUT2D eigenvalue weighted by Crippen LogP contribution is -2.03. The molecule has 7 aromatic carbocycles. The standard InChI is InChI=1S/C44H23N3O2/c1-2-8-24(9-3-1)25-16-18-27(19-17-25)41-43(46-44-42(45-41)30-11-4-5-14-33(30)49-44)47-31-21-20-26-10-6-12-28-29-13-7-15-34-37(29)40-35(48-34)23-22-32(47)39(40)38(31)36(26)28/h1-23H. The number of para-hydroxylation sites is 1. The quantitative estimate of drug-likeness (QED) is 0.196. The first-order valence-corrected chi connectivity index (χ1v) is 16.5. The highest BCUT2D eigenvalue weighted by molar-refractivity contribution is 6.38. The van der Waals surface area contributed by atoms with Gasteiger partial charge in [0.2, 0.25) is 5.71 Å². The first kappa shape index (κ1) is 25.4. The SMILES string of the molecule is c1ccc(-c2ccc(-c3nc4c(nc3-n3c5ccc6cccc7c6c5c5c6c(ccc53)oc3cccc-7c36)oc3ccccc34)cc2)cc1. The molecular formula is C44H23N3O2. The molecule has 4 heterocycles. The minimum Gasteiger partial charge on any atom is -0.456 e. The van der Waals surface area contributed by atoms with Crippen molar-refractivity contribution in [2.75, 3.05) is 0 Å². The summed E-state index contributed by atoms with van der Waals surface area (Å²) in [5.74, 6) is 0.726. The Kier molecular flexibility index (Phi) is 4.66. The minimum absolute atomic E-state index is 0.515. The maximum Gasteiger partial charge on any atom is 0.248 e. The van der Waals surface area contributed by atoms with E-state index < -0.39 is 0 Å². The lowest BCUT2D eigenvalue weighted by atomic mass is 9.95. The molecule has 0 spiro atoms. The Morgan fingerprint density at radius 2 is 1.10 bits per heavy atom. The summed E-state index contributed by atoms with van der Waals surface area (Å²) in [4.78, 5) is 10.7. The molecular weight excluding hydrogens is 603 g/mol. The highest BCUT2D eigenvalue weighted by atomic mass is 16.3. The highest BCUT2D eigenvalue weighted by Gasteiger charge is 2.28. The van der Waals surface area contributed by atoms with Crippen LogP contribution in [0.5, 0.6) is 0 Å². The van der Waals surface area contributed by atoms with E-state index in [0.29, 0.717) is 5.71 Å². The van der Waals surface area contributed by atoms with Gasteiger partial charge in [-0.25, -0.2) is 4.98 Å². The Labute approximate surface area is 278 Å². The first-order chi connectivity index (χ1) is 24.3. The molecule has 11 aromatic rings. The van der Waals surface area contributed by atoms with Crippen LogP contribution < -0.4 is 0 Å². The average Bonchev–Trinajstić information content (AvgIpc) is 3.80. The molecule has 0 unspecified atom stereocenters. The maximum atomic E-state index is 6.51. The van der Waals surface area contributed by atoms with E-state index in [1.807, 2.05) is 24.3 Å². The van der Waals surface area contributed by atoms with E-state index in [4.69, 9.17) is 18.8 Å². The Hall–Kier alpha value is -6.72. The van der Waals surface area contributed by atoms with Gasteiger partial charge >= 0.3 is 0 Å². The van der Waals surface area contributed by atoms with Crippen LogP contribution in [0.15, 0.2) is 148 Å². The van der Waals surface area contributed by atoms with Crippen LogP contribution in [0.4, 0.5) is 0 Å². The fourth-order valence-electron chi connectivity index (χ4n) is 8.27. The molecule has 0 bridgehead atoms. The summed E-state index contributed by atoms with van der Waals surface area (Å²) in [6, 6.07) is 48.9. The zero-order valence-corrected chi connectivity index (χ0v) is 25.9. The van der Waals surface area contributed by atoms with Crippen LogP contribution in [-0.2, 0) is 0 Å². The third-order valence-electron chi connectivity index (χ3n) is 10.4. The third-order valence-corrected chi connectivity index (χ3v) is 10.4. The van der Waals surface area contributed by atoms with Crippen molar-refractivity contribution in [2.45, 2.75) is 0 Å². The van der Waals surface area contributed by atoms with Gasteiger partial charge in [0, 0.05) is 32.5 Å². The minimum atomic E-state index is 0.515. The zero-order valence-electron chi connectivity index (χ0n) is 25.9.